The number of hydrogen-bond acceptors (Lipinski definition) is 0. The highest BCUT2D eigenvalue weighted by atomic mass is 28.3. The van der Waals surface area contributed by atoms with E-state index in [1.807, 2.05) is 0 Å². The van der Waals surface area contributed by atoms with Crippen LogP contribution in [0.3, 0.4) is 0 Å². The predicted molar refractivity (Wildman–Crippen MR) is 75.4 cm³/mol. The molecule has 0 saturated heterocycles. The summed E-state index contributed by atoms with van der Waals surface area (Å²) in [6.07, 6.45) is 2.24. The largest absolute Gasteiger partial charge is 0.131 e. The van der Waals surface area contributed by atoms with E-state index < -0.39 is 8.07 Å². The summed E-state index contributed by atoms with van der Waals surface area (Å²) in [5.41, 5.74) is 8.53. The summed E-state index contributed by atoms with van der Waals surface area (Å²) in [6.45, 7) is 9.19. The second-order valence-electron chi connectivity index (χ2n) is 5.42. The first-order valence-electron chi connectivity index (χ1n) is 5.95. The Labute approximate surface area is 101 Å². The van der Waals surface area contributed by atoms with Gasteiger partial charge in [-0.15, -0.1) is 5.73 Å². The Morgan fingerprint density at radius 2 is 1.81 bits per heavy atom. The minimum atomic E-state index is -1.09. The van der Waals surface area contributed by atoms with Crippen molar-refractivity contribution in [1.29, 1.82) is 0 Å². The third kappa shape index (κ3) is 5.74. The zero-order valence-electron chi connectivity index (χ0n) is 10.9. The van der Waals surface area contributed by atoms with Gasteiger partial charge in [-0.05, 0) is 30.9 Å². The van der Waals surface area contributed by atoms with E-state index in [0.29, 0.717) is 0 Å². The molecule has 1 aromatic rings. The fraction of sp³-hybridized carbons (Fsp3) is 0.400. The maximum absolute atomic E-state index is 3.45. The molecule has 0 aliphatic rings. The van der Waals surface area contributed by atoms with Crippen LogP contribution in [0.5, 0.6) is 0 Å². The van der Waals surface area contributed by atoms with Crippen molar-refractivity contribution in [3.8, 4) is 0 Å². The fourth-order valence-corrected chi connectivity index (χ4v) is 2.07. The Morgan fingerprint density at radius 1 is 1.19 bits per heavy atom. The van der Waals surface area contributed by atoms with Gasteiger partial charge in [0.05, 0.1) is 8.07 Å². The molecule has 0 bridgehead atoms. The van der Waals surface area contributed by atoms with E-state index >= 15 is 0 Å². The predicted octanol–water partition coefficient (Wildman–Crippen LogP) is 4.60. The Balaban J connectivity index is 2.54. The number of aryl methyl sites for hydroxylation is 1. The average Bonchev–Trinajstić information content (AvgIpc) is 2.24. The normalized spacial score (nSPS) is 10.8. The van der Waals surface area contributed by atoms with Gasteiger partial charge in [0.2, 0.25) is 0 Å². The minimum absolute atomic E-state index is 1.09. The lowest BCUT2D eigenvalue weighted by Crippen LogP contribution is -2.14. The van der Waals surface area contributed by atoms with Gasteiger partial charge in [0.25, 0.3) is 0 Å². The van der Waals surface area contributed by atoms with Crippen molar-refractivity contribution < 1.29 is 0 Å². The van der Waals surface area contributed by atoms with Gasteiger partial charge in [0, 0.05) is 0 Å². The summed E-state index contributed by atoms with van der Waals surface area (Å²) in [5, 5.41) is 0. The monoisotopic (exact) mass is 230 g/mol. The molecule has 1 aromatic carbocycles. The van der Waals surface area contributed by atoms with Crippen molar-refractivity contribution >= 4 is 8.07 Å². The molecular weight excluding hydrogens is 208 g/mol. The Morgan fingerprint density at radius 3 is 2.38 bits per heavy atom. The molecule has 0 amide bonds. The van der Waals surface area contributed by atoms with Gasteiger partial charge >= 0.3 is 0 Å². The number of hydrogen-bond donors (Lipinski definition) is 0. The molecule has 0 atom stereocenters. The van der Waals surface area contributed by atoms with Crippen LogP contribution in [0.25, 0.3) is 0 Å². The summed E-state index contributed by atoms with van der Waals surface area (Å²) in [4.78, 5) is 0. The first-order valence-corrected chi connectivity index (χ1v) is 9.52. The molecular formula is C15H22Si. The summed E-state index contributed by atoms with van der Waals surface area (Å²) in [6, 6.07) is 10.7. The maximum atomic E-state index is 3.45. The second-order valence-corrected chi connectivity index (χ2v) is 10.4. The van der Waals surface area contributed by atoms with Gasteiger partial charge in [-0.2, -0.15) is 0 Å². The number of rotatable bonds is 4. The van der Waals surface area contributed by atoms with Crippen molar-refractivity contribution in [2.24, 2.45) is 0 Å². The second kappa shape index (κ2) is 5.88. The molecule has 86 valence electrons. The number of benzene rings is 1. The molecule has 1 heteroatoms. The zero-order valence-corrected chi connectivity index (χ0v) is 11.9. The van der Waals surface area contributed by atoms with Crippen LogP contribution < -0.4 is 0 Å². The molecule has 1 rings (SSSR count). The van der Waals surface area contributed by atoms with Crippen LogP contribution in [0.1, 0.15) is 18.9 Å². The van der Waals surface area contributed by atoms with Gasteiger partial charge in [0.1, 0.15) is 0 Å². The maximum Gasteiger partial charge on any atom is 0.0781 e. The number of allylic oxidation sites excluding steroid dienone is 1. The smallest absolute Gasteiger partial charge is 0.0781 e. The topological polar surface area (TPSA) is 0 Å². The van der Waals surface area contributed by atoms with Crippen LogP contribution in [0.4, 0.5) is 0 Å². The van der Waals surface area contributed by atoms with Crippen LogP contribution in [-0.4, -0.2) is 8.07 Å². The van der Waals surface area contributed by atoms with Crippen LogP contribution in [0, 0.1) is 0 Å². The van der Waals surface area contributed by atoms with Crippen LogP contribution in [0.2, 0.25) is 19.6 Å². The lowest BCUT2D eigenvalue weighted by molar-refractivity contribution is 0.944. The summed E-state index contributed by atoms with van der Waals surface area (Å²) in [5.74, 6) is 0. The third-order valence-electron chi connectivity index (χ3n) is 2.38. The quantitative estimate of drug-likeness (QED) is 0.524. The first kappa shape index (κ1) is 13.0. The van der Waals surface area contributed by atoms with Crippen molar-refractivity contribution in [3.63, 3.8) is 0 Å². The van der Waals surface area contributed by atoms with E-state index in [9.17, 15) is 0 Å². The van der Waals surface area contributed by atoms with E-state index in [1.165, 1.54) is 11.1 Å². The van der Waals surface area contributed by atoms with Gasteiger partial charge < -0.3 is 0 Å². The molecule has 0 spiro atoms. The van der Waals surface area contributed by atoms with Crippen LogP contribution in [0.15, 0.2) is 47.3 Å². The summed E-state index contributed by atoms with van der Waals surface area (Å²) in [7, 11) is -1.09. The molecule has 0 unspecified atom stereocenters. The summed E-state index contributed by atoms with van der Waals surface area (Å²) >= 11 is 0. The SMILES string of the molecule is CC(=C=C[Si](C)(C)C)CCc1ccccc1. The van der Waals surface area contributed by atoms with Gasteiger partial charge in [-0.1, -0.05) is 55.7 Å². The highest BCUT2D eigenvalue weighted by molar-refractivity contribution is 6.80. The zero-order chi connectivity index (χ0) is 12.0. The van der Waals surface area contributed by atoms with Gasteiger partial charge in [-0.3, -0.25) is 0 Å². The molecule has 0 aliphatic carbocycles. The highest BCUT2D eigenvalue weighted by Gasteiger charge is 2.06. The lowest BCUT2D eigenvalue weighted by Gasteiger charge is -2.06. The van der Waals surface area contributed by atoms with Gasteiger partial charge in [-0.25, -0.2) is 0 Å². The highest BCUT2D eigenvalue weighted by Crippen LogP contribution is 2.08. The standard InChI is InChI=1S/C15H22Si/c1-14(12-13-16(2,3)4)10-11-15-8-6-5-7-9-15/h5-9,13H,10-11H2,1-4H3. The molecule has 0 saturated carbocycles. The van der Waals surface area contributed by atoms with Crippen molar-refractivity contribution in [3.05, 3.63) is 52.9 Å². The van der Waals surface area contributed by atoms with Crippen LogP contribution >= 0.6 is 0 Å². The lowest BCUT2D eigenvalue weighted by atomic mass is 10.1. The van der Waals surface area contributed by atoms with E-state index in [0.717, 1.165) is 12.8 Å². The molecule has 16 heavy (non-hydrogen) atoms. The average molecular weight is 230 g/mol. The minimum Gasteiger partial charge on any atom is -0.131 e. The van der Waals surface area contributed by atoms with Crippen LogP contribution in [-0.2, 0) is 6.42 Å². The van der Waals surface area contributed by atoms with Crippen molar-refractivity contribution in [2.45, 2.75) is 39.4 Å². The molecule has 0 nitrogen and oxygen atoms in total. The van der Waals surface area contributed by atoms with Crippen molar-refractivity contribution in [2.75, 3.05) is 0 Å². The van der Waals surface area contributed by atoms with E-state index in [4.69, 9.17) is 0 Å². The fourth-order valence-electron chi connectivity index (χ4n) is 1.39. The molecule has 0 heterocycles. The van der Waals surface area contributed by atoms with E-state index in [2.05, 4.69) is 68.3 Å². The molecule has 0 N–H and O–H groups in total. The third-order valence-corrected chi connectivity index (χ3v) is 3.39. The van der Waals surface area contributed by atoms with E-state index in [1.54, 1.807) is 0 Å². The Bertz CT molecular complexity index is 376. The Hall–Kier alpha value is -1.04. The van der Waals surface area contributed by atoms with E-state index in [-0.39, 0.29) is 0 Å². The molecule has 0 radical (unpaired) electrons. The molecule has 0 aromatic heterocycles. The first-order chi connectivity index (χ1) is 7.47. The molecule has 0 fully saturated rings. The summed E-state index contributed by atoms with van der Waals surface area (Å²) < 4.78 is 0. The molecule has 0 aliphatic heterocycles. The van der Waals surface area contributed by atoms with Crippen molar-refractivity contribution in [1.82, 2.24) is 0 Å². The van der Waals surface area contributed by atoms with Gasteiger partial charge in [0.15, 0.2) is 0 Å². The Kier molecular flexibility index (Phi) is 4.79.